The zero-order valence-electron chi connectivity index (χ0n) is 15.5. The lowest BCUT2D eigenvalue weighted by Gasteiger charge is -2.02. The van der Waals surface area contributed by atoms with Crippen LogP contribution in [0.5, 0.6) is 0 Å². The van der Waals surface area contributed by atoms with E-state index >= 15 is 0 Å². The Morgan fingerprint density at radius 3 is 1.74 bits per heavy atom. The van der Waals surface area contributed by atoms with Crippen molar-refractivity contribution < 1.29 is 0 Å². The molecule has 0 spiro atoms. The van der Waals surface area contributed by atoms with Crippen molar-refractivity contribution >= 4 is 6.08 Å². The van der Waals surface area contributed by atoms with E-state index in [9.17, 15) is 0 Å². The van der Waals surface area contributed by atoms with Gasteiger partial charge in [-0.25, -0.2) is 0 Å². The molecule has 0 aliphatic heterocycles. The van der Waals surface area contributed by atoms with Crippen molar-refractivity contribution in [3.05, 3.63) is 30.1 Å². The van der Waals surface area contributed by atoms with Gasteiger partial charge in [0, 0.05) is 11.9 Å². The molecule has 0 aliphatic rings. The van der Waals surface area contributed by atoms with E-state index in [1.54, 1.807) is 0 Å². The summed E-state index contributed by atoms with van der Waals surface area (Å²) in [5, 5.41) is 0. The third kappa shape index (κ3) is 13.2. The van der Waals surface area contributed by atoms with E-state index < -0.39 is 0 Å². The molecule has 1 nitrogen and oxygen atoms in total. The maximum absolute atomic E-state index is 3.20. The average molecular weight is 318 g/mol. The predicted molar refractivity (Wildman–Crippen MR) is 105 cm³/mol. The van der Waals surface area contributed by atoms with Crippen molar-refractivity contribution in [1.82, 2.24) is 4.98 Å². The zero-order chi connectivity index (χ0) is 16.4. The Kier molecular flexibility index (Phi) is 13.9. The van der Waals surface area contributed by atoms with Gasteiger partial charge >= 0.3 is 0 Å². The molecule has 23 heavy (non-hydrogen) atoms. The summed E-state index contributed by atoms with van der Waals surface area (Å²) in [5.74, 6) is 0. The highest BCUT2D eigenvalue weighted by Crippen LogP contribution is 2.13. The van der Waals surface area contributed by atoms with E-state index in [0.717, 1.165) is 0 Å². The molecule has 0 saturated carbocycles. The monoisotopic (exact) mass is 317 g/mol. The molecule has 132 valence electrons. The molecular weight excluding hydrogens is 278 g/mol. The van der Waals surface area contributed by atoms with Crippen molar-refractivity contribution in [2.75, 3.05) is 0 Å². The summed E-state index contributed by atoms with van der Waals surface area (Å²) in [6, 6.07) is 4.16. The normalized spacial score (nSPS) is 11.5. The summed E-state index contributed by atoms with van der Waals surface area (Å²) in [6.07, 6.45) is 27.8. The van der Waals surface area contributed by atoms with Crippen LogP contribution in [0.3, 0.4) is 0 Å². The lowest BCUT2D eigenvalue weighted by Crippen LogP contribution is -1.83. The minimum atomic E-state index is 1.22. The Bertz CT molecular complexity index is 350. The van der Waals surface area contributed by atoms with Gasteiger partial charge in [0.25, 0.3) is 0 Å². The van der Waals surface area contributed by atoms with Crippen LogP contribution in [-0.2, 0) is 0 Å². The first kappa shape index (κ1) is 20.1. The number of nitrogens with one attached hydrogen (secondary N) is 1. The van der Waals surface area contributed by atoms with E-state index in [0.29, 0.717) is 0 Å². The lowest BCUT2D eigenvalue weighted by atomic mass is 10.0. The molecule has 0 saturated heterocycles. The second kappa shape index (κ2) is 15.9. The number of hydrogen-bond acceptors (Lipinski definition) is 0. The first-order valence-corrected chi connectivity index (χ1v) is 10.2. The van der Waals surface area contributed by atoms with Gasteiger partial charge in [-0.3, -0.25) is 0 Å². The number of hydrogen-bond donors (Lipinski definition) is 1. The predicted octanol–water partition coefficient (Wildman–Crippen LogP) is 7.90. The minimum absolute atomic E-state index is 1.22. The van der Waals surface area contributed by atoms with E-state index in [-0.39, 0.29) is 0 Å². The van der Waals surface area contributed by atoms with Crippen molar-refractivity contribution in [3.8, 4) is 0 Å². The second-order valence-corrected chi connectivity index (χ2v) is 6.91. The van der Waals surface area contributed by atoms with Crippen LogP contribution in [0.4, 0.5) is 0 Å². The summed E-state index contributed by atoms with van der Waals surface area (Å²) >= 11 is 0. The Hall–Kier alpha value is -0.980. The maximum atomic E-state index is 3.20. The highest BCUT2D eigenvalue weighted by atomic mass is 14.7. The molecule has 1 aromatic heterocycles. The first-order valence-electron chi connectivity index (χ1n) is 10.2. The molecule has 1 rings (SSSR count). The van der Waals surface area contributed by atoms with E-state index in [1.165, 1.54) is 102 Å². The van der Waals surface area contributed by atoms with Crippen molar-refractivity contribution in [1.29, 1.82) is 0 Å². The van der Waals surface area contributed by atoms with Gasteiger partial charge in [-0.05, 0) is 31.1 Å². The minimum Gasteiger partial charge on any atom is -0.362 e. The van der Waals surface area contributed by atoms with Gasteiger partial charge in [0.2, 0.25) is 0 Å². The summed E-state index contributed by atoms with van der Waals surface area (Å²) in [6.45, 7) is 2.29. The van der Waals surface area contributed by atoms with Crippen LogP contribution < -0.4 is 0 Å². The second-order valence-electron chi connectivity index (χ2n) is 6.91. The molecule has 1 heteroatoms. The molecule has 0 atom stereocenters. The number of rotatable bonds is 16. The van der Waals surface area contributed by atoms with Crippen LogP contribution in [0.2, 0.25) is 0 Å². The topological polar surface area (TPSA) is 15.8 Å². The zero-order valence-corrected chi connectivity index (χ0v) is 15.5. The molecule has 0 aliphatic carbocycles. The number of H-pyrrole nitrogens is 1. The highest BCUT2D eigenvalue weighted by molar-refractivity contribution is 5.43. The summed E-state index contributed by atoms with van der Waals surface area (Å²) < 4.78 is 0. The summed E-state index contributed by atoms with van der Waals surface area (Å²) in [7, 11) is 0. The van der Waals surface area contributed by atoms with Crippen LogP contribution in [-0.4, -0.2) is 4.98 Å². The molecule has 0 bridgehead atoms. The molecule has 1 heterocycles. The van der Waals surface area contributed by atoms with Crippen LogP contribution >= 0.6 is 0 Å². The van der Waals surface area contributed by atoms with Crippen LogP contribution in [0.1, 0.15) is 109 Å². The van der Waals surface area contributed by atoms with Crippen LogP contribution in [0, 0.1) is 0 Å². The first-order chi connectivity index (χ1) is 11.4. The molecule has 1 aromatic rings. The van der Waals surface area contributed by atoms with Gasteiger partial charge in [0.05, 0.1) is 0 Å². The van der Waals surface area contributed by atoms with Crippen molar-refractivity contribution in [2.45, 2.75) is 103 Å². The summed E-state index contributed by atoms with van der Waals surface area (Å²) in [5.41, 5.74) is 1.22. The smallest absolute Gasteiger partial charge is 0.0377 e. The Morgan fingerprint density at radius 1 is 0.739 bits per heavy atom. The summed E-state index contributed by atoms with van der Waals surface area (Å²) in [4.78, 5) is 3.20. The number of aromatic amines is 1. The third-order valence-electron chi connectivity index (χ3n) is 4.64. The van der Waals surface area contributed by atoms with Gasteiger partial charge in [-0.1, -0.05) is 96.5 Å². The van der Waals surface area contributed by atoms with Gasteiger partial charge in [-0.2, -0.15) is 0 Å². The highest BCUT2D eigenvalue weighted by Gasteiger charge is 1.93. The van der Waals surface area contributed by atoms with E-state index in [4.69, 9.17) is 0 Å². The molecule has 0 aromatic carbocycles. The Morgan fingerprint density at radius 2 is 1.26 bits per heavy atom. The van der Waals surface area contributed by atoms with Gasteiger partial charge in [-0.15, -0.1) is 0 Å². The van der Waals surface area contributed by atoms with Crippen molar-refractivity contribution in [3.63, 3.8) is 0 Å². The fraction of sp³-hybridized carbons (Fsp3) is 0.727. The molecule has 0 radical (unpaired) electrons. The maximum Gasteiger partial charge on any atom is 0.0377 e. The third-order valence-corrected chi connectivity index (χ3v) is 4.64. The molecule has 0 amide bonds. The molecule has 1 N–H and O–H groups in total. The Balaban J connectivity index is 1.71. The lowest BCUT2D eigenvalue weighted by molar-refractivity contribution is 0.536. The number of allylic oxidation sites excluding steroid dienone is 1. The molecule has 0 unspecified atom stereocenters. The number of aromatic nitrogens is 1. The van der Waals surface area contributed by atoms with E-state index in [2.05, 4.69) is 30.1 Å². The molecule has 0 fully saturated rings. The van der Waals surface area contributed by atoms with Crippen LogP contribution in [0.15, 0.2) is 24.4 Å². The fourth-order valence-corrected chi connectivity index (χ4v) is 3.11. The van der Waals surface area contributed by atoms with Gasteiger partial charge < -0.3 is 4.98 Å². The standard InChI is InChI=1S/C22H39N/c1-2-3-4-5-6-7-8-9-10-11-12-13-14-15-16-17-19-22-20-18-21-23-22/h17-21,23H,2-16H2,1H3. The van der Waals surface area contributed by atoms with E-state index in [1.807, 2.05) is 12.3 Å². The average Bonchev–Trinajstić information content (AvgIpc) is 3.08. The van der Waals surface area contributed by atoms with Crippen molar-refractivity contribution in [2.24, 2.45) is 0 Å². The Labute approximate surface area is 145 Å². The SMILES string of the molecule is CCCCCCCCCCCCCCCCC=Cc1ccc[nH]1. The quantitative estimate of drug-likeness (QED) is 0.298. The fourth-order valence-electron chi connectivity index (χ4n) is 3.11. The number of unbranched alkanes of at least 4 members (excludes halogenated alkanes) is 14. The molecular formula is C22H39N. The van der Waals surface area contributed by atoms with Gasteiger partial charge in [0.1, 0.15) is 0 Å². The van der Waals surface area contributed by atoms with Crippen LogP contribution in [0.25, 0.3) is 6.08 Å². The largest absolute Gasteiger partial charge is 0.362 e. The van der Waals surface area contributed by atoms with Gasteiger partial charge in [0.15, 0.2) is 0 Å².